The Balaban J connectivity index is 1.30. The fraction of sp³-hybridized carbons (Fsp3) is 0.227. The molecule has 0 saturated heterocycles. The van der Waals surface area contributed by atoms with E-state index in [-0.39, 0.29) is 0 Å². The number of fused-ring (bicyclic) bond motifs is 16. The van der Waals surface area contributed by atoms with Crippen LogP contribution in [0, 0.1) is 0 Å². The van der Waals surface area contributed by atoms with Crippen molar-refractivity contribution in [1.29, 1.82) is 0 Å². The van der Waals surface area contributed by atoms with Crippen LogP contribution < -0.4 is 0 Å². The Morgan fingerprint density at radius 2 is 0.659 bits per heavy atom. The zero-order valence-corrected chi connectivity index (χ0v) is 24.9. The van der Waals surface area contributed by atoms with Gasteiger partial charge in [0.05, 0.1) is 0 Å². The highest BCUT2D eigenvalue weighted by atomic mass is 14.5. The van der Waals surface area contributed by atoms with Gasteiger partial charge < -0.3 is 0 Å². The minimum Gasteiger partial charge on any atom is -0.0616 e. The van der Waals surface area contributed by atoms with E-state index in [2.05, 4.69) is 109 Å². The zero-order valence-electron chi connectivity index (χ0n) is 24.9. The second kappa shape index (κ2) is 8.60. The van der Waals surface area contributed by atoms with Crippen LogP contribution in [0.3, 0.4) is 0 Å². The molecule has 0 N–H and O–H groups in total. The lowest BCUT2D eigenvalue weighted by Crippen LogP contribution is -2.04. The SMILES string of the molecule is c1ccc2c3c(c(-c4c5ccccc5c(-c5cc6ccccc6c6c5C5CCC6C5)c5ccccc45)cc2c1)C1CCC3C1. The minimum atomic E-state index is 0.686. The molecule has 0 heterocycles. The first-order chi connectivity index (χ1) is 21.8. The molecule has 4 bridgehead atoms. The fourth-order valence-electron chi connectivity index (χ4n) is 10.7. The van der Waals surface area contributed by atoms with E-state index in [1.165, 1.54) is 104 Å². The van der Waals surface area contributed by atoms with Crippen molar-refractivity contribution < 1.29 is 0 Å². The lowest BCUT2D eigenvalue weighted by atomic mass is 9.77. The van der Waals surface area contributed by atoms with Crippen LogP contribution in [0.4, 0.5) is 0 Å². The van der Waals surface area contributed by atoms with Crippen molar-refractivity contribution in [2.75, 3.05) is 0 Å². The maximum atomic E-state index is 2.55. The van der Waals surface area contributed by atoms with Crippen LogP contribution >= 0.6 is 0 Å². The molecule has 0 heteroatoms. The molecule has 7 aromatic carbocycles. The van der Waals surface area contributed by atoms with E-state index in [0.717, 1.165) is 0 Å². The molecule has 44 heavy (non-hydrogen) atoms. The Morgan fingerprint density at radius 3 is 1.05 bits per heavy atom. The third-order valence-corrected chi connectivity index (χ3v) is 12.2. The second-order valence-corrected chi connectivity index (χ2v) is 14.2. The summed E-state index contributed by atoms with van der Waals surface area (Å²) in [4.78, 5) is 0. The van der Waals surface area contributed by atoms with E-state index in [9.17, 15) is 0 Å². The van der Waals surface area contributed by atoms with Crippen molar-refractivity contribution in [3.8, 4) is 22.3 Å². The smallest absolute Gasteiger partial charge is 0.00232 e. The van der Waals surface area contributed by atoms with Crippen LogP contribution in [-0.4, -0.2) is 0 Å². The minimum absolute atomic E-state index is 0.686. The molecule has 2 fully saturated rings. The average molecular weight is 563 g/mol. The van der Waals surface area contributed by atoms with Crippen LogP contribution in [0.2, 0.25) is 0 Å². The Labute approximate surface area is 258 Å². The molecule has 0 nitrogen and oxygen atoms in total. The molecule has 0 spiro atoms. The van der Waals surface area contributed by atoms with Gasteiger partial charge >= 0.3 is 0 Å². The first kappa shape index (κ1) is 24.0. The summed E-state index contributed by atoms with van der Waals surface area (Å²) in [5, 5.41) is 11.4. The van der Waals surface area contributed by atoms with Gasteiger partial charge in [-0.3, -0.25) is 0 Å². The monoisotopic (exact) mass is 562 g/mol. The van der Waals surface area contributed by atoms with Crippen molar-refractivity contribution in [3.05, 3.63) is 131 Å². The van der Waals surface area contributed by atoms with Gasteiger partial charge in [-0.05, 0) is 162 Å². The predicted molar refractivity (Wildman–Crippen MR) is 186 cm³/mol. The highest BCUT2D eigenvalue weighted by molar-refractivity contribution is 6.23. The Morgan fingerprint density at radius 1 is 0.341 bits per heavy atom. The normalized spacial score (nSPS) is 22.9. The molecule has 4 aliphatic carbocycles. The summed E-state index contributed by atoms with van der Waals surface area (Å²) in [5.41, 5.74) is 12.5. The number of hydrogen-bond donors (Lipinski definition) is 0. The highest BCUT2D eigenvalue weighted by Crippen LogP contribution is 2.61. The summed E-state index contributed by atoms with van der Waals surface area (Å²) in [6.07, 6.45) is 8.03. The maximum Gasteiger partial charge on any atom is -0.00232 e. The highest BCUT2D eigenvalue weighted by Gasteiger charge is 2.42. The van der Waals surface area contributed by atoms with Crippen LogP contribution in [0.5, 0.6) is 0 Å². The third-order valence-electron chi connectivity index (χ3n) is 12.2. The van der Waals surface area contributed by atoms with Crippen molar-refractivity contribution in [1.82, 2.24) is 0 Å². The molecule has 7 aromatic rings. The summed E-state index contributed by atoms with van der Waals surface area (Å²) < 4.78 is 0. The summed E-state index contributed by atoms with van der Waals surface area (Å²) >= 11 is 0. The molecule has 210 valence electrons. The van der Waals surface area contributed by atoms with Crippen molar-refractivity contribution in [3.63, 3.8) is 0 Å². The molecule has 4 unspecified atom stereocenters. The molecule has 0 radical (unpaired) electrons. The van der Waals surface area contributed by atoms with Gasteiger partial charge in [0.25, 0.3) is 0 Å². The lowest BCUT2D eigenvalue weighted by molar-refractivity contribution is 0.723. The fourth-order valence-corrected chi connectivity index (χ4v) is 10.7. The molecule has 4 aliphatic rings. The van der Waals surface area contributed by atoms with Crippen molar-refractivity contribution in [2.45, 2.75) is 62.2 Å². The molecule has 11 rings (SSSR count). The first-order valence-corrected chi connectivity index (χ1v) is 16.9. The van der Waals surface area contributed by atoms with Crippen LogP contribution in [0.15, 0.2) is 109 Å². The van der Waals surface area contributed by atoms with E-state index in [1.807, 2.05) is 0 Å². The summed E-state index contributed by atoms with van der Waals surface area (Å²) in [6.45, 7) is 0. The Hall–Kier alpha value is -4.42. The standard InChI is InChI=1S/C44H34/c1-3-11-31-25(9-1)23-37(41-29-19-17-27(21-29)39(31)41)43-33-13-5-7-15-35(33)44(36-16-8-6-14-34(36)43)38-24-26-10-2-4-12-32(26)40-28-18-20-30(22-28)42(38)40/h1-16,23-24,27-30H,17-22H2. The summed E-state index contributed by atoms with van der Waals surface area (Å²) in [6, 6.07) is 42.2. The largest absolute Gasteiger partial charge is 0.0616 e. The molecular formula is C44H34. The van der Waals surface area contributed by atoms with E-state index in [4.69, 9.17) is 0 Å². The van der Waals surface area contributed by atoms with Crippen LogP contribution in [0.1, 0.15) is 84.5 Å². The van der Waals surface area contributed by atoms with Gasteiger partial charge in [-0.2, -0.15) is 0 Å². The number of benzene rings is 7. The van der Waals surface area contributed by atoms with E-state index in [0.29, 0.717) is 23.7 Å². The topological polar surface area (TPSA) is 0 Å². The van der Waals surface area contributed by atoms with Crippen molar-refractivity contribution in [2.24, 2.45) is 0 Å². The lowest BCUT2D eigenvalue weighted by Gasteiger charge is -2.26. The zero-order chi connectivity index (χ0) is 28.5. The number of hydrogen-bond acceptors (Lipinski definition) is 0. The summed E-state index contributed by atoms with van der Waals surface area (Å²) in [5.74, 6) is 2.80. The van der Waals surface area contributed by atoms with Gasteiger partial charge in [-0.1, -0.05) is 97.1 Å². The second-order valence-electron chi connectivity index (χ2n) is 14.2. The Kier molecular flexibility index (Phi) is 4.69. The van der Waals surface area contributed by atoms with Gasteiger partial charge in [0.2, 0.25) is 0 Å². The summed E-state index contributed by atoms with van der Waals surface area (Å²) in [7, 11) is 0. The van der Waals surface area contributed by atoms with Gasteiger partial charge in [0.1, 0.15) is 0 Å². The molecule has 2 saturated carbocycles. The molecule has 4 atom stereocenters. The maximum absolute atomic E-state index is 2.55. The first-order valence-electron chi connectivity index (χ1n) is 16.9. The van der Waals surface area contributed by atoms with Crippen LogP contribution in [-0.2, 0) is 0 Å². The van der Waals surface area contributed by atoms with Gasteiger partial charge in [0, 0.05) is 0 Å². The molecule has 0 aliphatic heterocycles. The van der Waals surface area contributed by atoms with Gasteiger partial charge in [-0.15, -0.1) is 0 Å². The number of rotatable bonds is 2. The van der Waals surface area contributed by atoms with Gasteiger partial charge in [-0.25, -0.2) is 0 Å². The third kappa shape index (κ3) is 2.99. The van der Waals surface area contributed by atoms with E-state index < -0.39 is 0 Å². The van der Waals surface area contributed by atoms with Crippen molar-refractivity contribution >= 4 is 43.1 Å². The molecular weight excluding hydrogens is 528 g/mol. The van der Waals surface area contributed by atoms with Gasteiger partial charge in [0.15, 0.2) is 0 Å². The molecule has 0 amide bonds. The van der Waals surface area contributed by atoms with E-state index >= 15 is 0 Å². The predicted octanol–water partition coefficient (Wildman–Crippen LogP) is 12.4. The average Bonchev–Trinajstić information content (AvgIpc) is 3.89. The Bertz CT molecular complexity index is 2150. The van der Waals surface area contributed by atoms with Crippen LogP contribution in [0.25, 0.3) is 65.3 Å². The van der Waals surface area contributed by atoms with E-state index in [1.54, 1.807) is 22.3 Å². The quantitative estimate of drug-likeness (QED) is 0.184. The molecule has 0 aromatic heterocycles.